The van der Waals surface area contributed by atoms with E-state index in [0.29, 0.717) is 25.1 Å². The lowest BCUT2D eigenvalue weighted by Crippen LogP contribution is -2.52. The number of ether oxygens (including phenoxy) is 2. The molecule has 1 N–H and O–H groups in total. The van der Waals surface area contributed by atoms with Gasteiger partial charge in [-0.2, -0.15) is 0 Å². The maximum Gasteiger partial charge on any atom is 0.327 e. The van der Waals surface area contributed by atoms with E-state index in [1.807, 2.05) is 6.08 Å². The minimum atomic E-state index is -1.92. The average Bonchev–Trinajstić information content (AvgIpc) is 3.66. The largest absolute Gasteiger partial charge is 0.494 e. The Morgan fingerprint density at radius 2 is 1.94 bits per heavy atom. The van der Waals surface area contributed by atoms with E-state index >= 15 is 8.78 Å². The van der Waals surface area contributed by atoms with Crippen LogP contribution in [0, 0.1) is 11.6 Å². The molecule has 14 heteroatoms. The van der Waals surface area contributed by atoms with Crippen LogP contribution < -0.4 is 10.1 Å². The second kappa shape index (κ2) is 12.5. The van der Waals surface area contributed by atoms with Crippen molar-refractivity contribution in [3.8, 4) is 5.75 Å². The maximum atomic E-state index is 15.4. The molecule has 0 unspecified atom stereocenters. The molecule has 3 aromatic rings. The zero-order valence-electron chi connectivity index (χ0n) is 27.2. The number of hydrogen-bond donors (Lipinski definition) is 1. The minimum absolute atomic E-state index is 0.0210. The third-order valence-corrected chi connectivity index (χ3v) is 10.7. The number of nitrogens with zero attached hydrogens (tertiary/aromatic N) is 4. The molecule has 6 rings (SSSR count). The van der Waals surface area contributed by atoms with Gasteiger partial charge in [-0.3, -0.25) is 14.5 Å². The molecule has 11 nitrogen and oxygen atoms in total. The summed E-state index contributed by atoms with van der Waals surface area (Å²) < 4.78 is 47.5. The zero-order chi connectivity index (χ0) is 33.7. The van der Waals surface area contributed by atoms with Gasteiger partial charge in [0.2, 0.25) is 0 Å². The summed E-state index contributed by atoms with van der Waals surface area (Å²) in [4.78, 5) is 50.2. The molecule has 1 atom stereocenters. The van der Waals surface area contributed by atoms with Crippen LogP contribution >= 0.6 is 0 Å². The summed E-state index contributed by atoms with van der Waals surface area (Å²) in [5.41, 5.74) is -0.338. The zero-order valence-corrected chi connectivity index (χ0v) is 28.2. The van der Waals surface area contributed by atoms with Crippen LogP contribution in [0.5, 0.6) is 5.75 Å². The maximum absolute atomic E-state index is 15.4. The van der Waals surface area contributed by atoms with Crippen LogP contribution in [0.3, 0.4) is 0 Å². The fourth-order valence-corrected chi connectivity index (χ4v) is 6.95. The highest BCUT2D eigenvalue weighted by atomic mass is 28.3. The van der Waals surface area contributed by atoms with Crippen LogP contribution in [0.4, 0.5) is 13.6 Å². The molecule has 5 heterocycles. The summed E-state index contributed by atoms with van der Waals surface area (Å²) in [6.07, 6.45) is 2.58. The predicted octanol–water partition coefficient (Wildman–Crippen LogP) is 4.94. The topological polar surface area (TPSA) is 117 Å². The van der Waals surface area contributed by atoms with Crippen molar-refractivity contribution in [2.24, 2.45) is 0 Å². The Bertz CT molecular complexity index is 1790. The lowest BCUT2D eigenvalue weighted by molar-refractivity contribution is -0.136. The fourth-order valence-electron chi connectivity index (χ4n) is 6.19. The Hall–Kier alpha value is -4.14. The molecule has 0 aliphatic carbocycles. The van der Waals surface area contributed by atoms with Gasteiger partial charge in [-0.15, -0.1) is 0 Å². The monoisotopic (exact) mass is 667 g/mol. The number of pyridine rings is 1. The third-order valence-electron chi connectivity index (χ3n) is 9.02. The molecule has 47 heavy (non-hydrogen) atoms. The summed E-state index contributed by atoms with van der Waals surface area (Å²) in [5, 5.41) is 2.74. The lowest BCUT2D eigenvalue weighted by atomic mass is 9.95. The summed E-state index contributed by atoms with van der Waals surface area (Å²) in [5.74, 6) is -2.88. The number of methoxy groups -OCH3 is 1. The number of nitrogens with one attached hydrogen (secondary N) is 1. The molecule has 0 spiro atoms. The number of halogens is 2. The van der Waals surface area contributed by atoms with Crippen molar-refractivity contribution in [1.29, 1.82) is 0 Å². The number of imide groups is 1. The van der Waals surface area contributed by atoms with Crippen LogP contribution in [0.25, 0.3) is 16.7 Å². The first kappa shape index (κ1) is 32.8. The first-order valence-corrected chi connectivity index (χ1v) is 19.4. The highest BCUT2D eigenvalue weighted by Gasteiger charge is 2.57. The Kier molecular flexibility index (Phi) is 8.70. The number of hydrogen-bond acceptors (Lipinski definition) is 8. The van der Waals surface area contributed by atoms with E-state index in [-0.39, 0.29) is 53.7 Å². The van der Waals surface area contributed by atoms with Crippen molar-refractivity contribution >= 4 is 42.6 Å². The first-order valence-electron chi connectivity index (χ1n) is 15.7. The molecule has 0 radical (unpaired) electrons. The molecule has 4 amide bonds. The van der Waals surface area contributed by atoms with Gasteiger partial charge >= 0.3 is 6.03 Å². The van der Waals surface area contributed by atoms with Crippen molar-refractivity contribution in [3.05, 3.63) is 64.6 Å². The third kappa shape index (κ3) is 6.05. The number of urea groups is 1. The molecule has 0 saturated carbocycles. The van der Waals surface area contributed by atoms with E-state index in [4.69, 9.17) is 13.9 Å². The summed E-state index contributed by atoms with van der Waals surface area (Å²) in [7, 11) is -0.138. The first-order chi connectivity index (χ1) is 22.3. The molecule has 0 bridgehead atoms. The molecule has 1 saturated heterocycles. The molecule has 250 valence electrons. The van der Waals surface area contributed by atoms with Gasteiger partial charge in [0.1, 0.15) is 23.7 Å². The smallest absolute Gasteiger partial charge is 0.327 e. The van der Waals surface area contributed by atoms with Crippen molar-refractivity contribution in [2.45, 2.75) is 51.1 Å². The average molecular weight is 668 g/mol. The number of rotatable bonds is 11. The molecular formula is C33H39F2N5O6Si. The van der Waals surface area contributed by atoms with Gasteiger partial charge < -0.3 is 24.1 Å². The van der Waals surface area contributed by atoms with Gasteiger partial charge in [-0.25, -0.2) is 23.5 Å². The highest BCUT2D eigenvalue weighted by Crippen LogP contribution is 2.38. The Labute approximate surface area is 272 Å². The van der Waals surface area contributed by atoms with Gasteiger partial charge in [0.05, 0.1) is 19.2 Å². The molecule has 3 aliphatic heterocycles. The number of carbonyl (C=O) groups is 3. The van der Waals surface area contributed by atoms with Gasteiger partial charge in [-0.05, 0) is 36.2 Å². The second-order valence-corrected chi connectivity index (χ2v) is 19.0. The van der Waals surface area contributed by atoms with Gasteiger partial charge in [0.25, 0.3) is 11.8 Å². The van der Waals surface area contributed by atoms with Crippen molar-refractivity contribution in [1.82, 2.24) is 25.0 Å². The number of amides is 4. The van der Waals surface area contributed by atoms with E-state index in [1.54, 1.807) is 6.07 Å². The fraction of sp³-hybridized carbons (Fsp3) is 0.455. The van der Waals surface area contributed by atoms with Crippen LogP contribution in [0.2, 0.25) is 25.7 Å². The summed E-state index contributed by atoms with van der Waals surface area (Å²) in [6.45, 7) is 10.6. The minimum Gasteiger partial charge on any atom is -0.494 e. The van der Waals surface area contributed by atoms with Crippen LogP contribution in [0.15, 0.2) is 34.8 Å². The highest BCUT2D eigenvalue weighted by molar-refractivity contribution is 6.76. The summed E-state index contributed by atoms with van der Waals surface area (Å²) in [6, 6.07) is 5.82. The molecule has 2 aromatic heterocycles. The van der Waals surface area contributed by atoms with E-state index in [1.165, 1.54) is 30.2 Å². The summed E-state index contributed by atoms with van der Waals surface area (Å²) >= 11 is 0. The van der Waals surface area contributed by atoms with Gasteiger partial charge in [0, 0.05) is 46.4 Å². The van der Waals surface area contributed by atoms with Gasteiger partial charge in [0.15, 0.2) is 28.5 Å². The normalized spacial score (nSPS) is 20.3. The molecule has 3 aliphatic rings. The van der Waals surface area contributed by atoms with Crippen LogP contribution in [-0.2, 0) is 21.6 Å². The Morgan fingerprint density at radius 3 is 2.62 bits per heavy atom. The number of fused-ring (bicyclic) bond motifs is 2. The van der Waals surface area contributed by atoms with Crippen molar-refractivity contribution in [2.75, 3.05) is 46.6 Å². The number of likely N-dealkylation sites (N-methyl/N-ethyl adjacent to an activating group) is 1. The van der Waals surface area contributed by atoms with Crippen LogP contribution in [-0.4, -0.2) is 92.2 Å². The predicted molar refractivity (Wildman–Crippen MR) is 172 cm³/mol. The SMILES string of the molecule is CCN1CC=C(c2nc3cc([C@@]4(CN5Cc6ccc(OC)c(F)c6C5=O)NC(=O)N(COCC[Si](C)(C)C)C4=O)oc3cc2F)CC1. The van der Waals surface area contributed by atoms with Crippen molar-refractivity contribution < 1.29 is 37.1 Å². The molecular weight excluding hydrogens is 628 g/mol. The Balaban J connectivity index is 1.36. The molecule has 1 aromatic carbocycles. The lowest BCUT2D eigenvalue weighted by Gasteiger charge is -2.29. The van der Waals surface area contributed by atoms with E-state index in [0.717, 1.165) is 29.6 Å². The van der Waals surface area contributed by atoms with E-state index < -0.39 is 43.1 Å². The number of furan rings is 1. The van der Waals surface area contributed by atoms with Crippen LogP contribution in [0.1, 0.15) is 40.7 Å². The van der Waals surface area contributed by atoms with Gasteiger partial charge in [-0.1, -0.05) is 38.7 Å². The Morgan fingerprint density at radius 1 is 1.15 bits per heavy atom. The number of aromatic nitrogens is 1. The number of carbonyl (C=O) groups excluding carboxylic acids is 3. The van der Waals surface area contributed by atoms with E-state index in [9.17, 15) is 14.4 Å². The van der Waals surface area contributed by atoms with Crippen molar-refractivity contribution in [3.63, 3.8) is 0 Å². The van der Waals surface area contributed by atoms with E-state index in [2.05, 4.69) is 41.8 Å². The molecule has 1 fully saturated rings. The standard InChI is InChI=1S/C33H39F2N5O6Si/c1-6-38-11-9-20(10-12-38)29-22(34)15-25-23(36-29)16-26(46-25)33(31(42)40(32(43)37-33)19-45-13-14-47(3,4)5)18-39-17-21-7-8-24(44-2)28(35)27(21)30(39)41/h7-9,15-16H,6,10-14,17-19H2,1-5H3,(H,37,43)/t33-/m1/s1. The number of benzene rings is 1. The second-order valence-electron chi connectivity index (χ2n) is 13.4. The quantitative estimate of drug-likeness (QED) is 0.174.